The van der Waals surface area contributed by atoms with E-state index in [4.69, 9.17) is 5.73 Å². The van der Waals surface area contributed by atoms with Crippen LogP contribution in [0.5, 0.6) is 0 Å². The fourth-order valence-electron chi connectivity index (χ4n) is 5.69. The molecule has 0 bridgehead atoms. The van der Waals surface area contributed by atoms with Crippen LogP contribution in [0.2, 0.25) is 0 Å². The van der Waals surface area contributed by atoms with Crippen molar-refractivity contribution in [2.75, 3.05) is 5.32 Å². The van der Waals surface area contributed by atoms with Gasteiger partial charge in [0.05, 0.1) is 11.8 Å². The van der Waals surface area contributed by atoms with Crippen molar-refractivity contribution < 1.29 is 19.2 Å². The highest BCUT2D eigenvalue weighted by molar-refractivity contribution is 6.15. The summed E-state index contributed by atoms with van der Waals surface area (Å²) in [4.78, 5) is 53.0. The number of para-hydroxylation sites is 1. The van der Waals surface area contributed by atoms with Gasteiger partial charge in [0.25, 0.3) is 0 Å². The number of imide groups is 1. The molecule has 0 aromatic heterocycles. The molecule has 3 heterocycles. The lowest BCUT2D eigenvalue weighted by Crippen LogP contribution is -2.54. The van der Waals surface area contributed by atoms with Gasteiger partial charge < -0.3 is 11.1 Å². The molecule has 4 N–H and O–H groups in total. The second-order valence-corrected chi connectivity index (χ2v) is 8.22. The van der Waals surface area contributed by atoms with Crippen LogP contribution in [0.3, 0.4) is 0 Å². The molecule has 1 aliphatic carbocycles. The van der Waals surface area contributed by atoms with Gasteiger partial charge >= 0.3 is 0 Å². The molecule has 4 atom stereocenters. The van der Waals surface area contributed by atoms with E-state index >= 15 is 0 Å². The first-order chi connectivity index (χ1) is 13.4. The predicted octanol–water partition coefficient (Wildman–Crippen LogP) is 0.225. The summed E-state index contributed by atoms with van der Waals surface area (Å²) >= 11 is 0. The number of carbonyl (C=O) groups excluding carboxylic acids is 4. The van der Waals surface area contributed by atoms with Crippen LogP contribution < -0.4 is 16.4 Å². The van der Waals surface area contributed by atoms with Crippen molar-refractivity contribution in [3.05, 3.63) is 29.8 Å². The van der Waals surface area contributed by atoms with Gasteiger partial charge in [-0.3, -0.25) is 29.4 Å². The standard InChI is InChI=1S/C20H22N4O4/c21-14(25)9-13-15-16(18(27)24(17(15)26)10-5-1-2-6-10)20(23-13)11-7-3-4-8-12(11)22-19(20)28/h3-4,7-8,10,13,15-16,23H,1-2,5-6,9H2,(H2,21,25)(H,22,28)/t13-,15+,16+,20-/m0/s1. The zero-order valence-corrected chi connectivity index (χ0v) is 15.3. The third kappa shape index (κ3) is 2.09. The van der Waals surface area contributed by atoms with Gasteiger partial charge in [0, 0.05) is 29.8 Å². The van der Waals surface area contributed by atoms with Crippen LogP contribution in [0.15, 0.2) is 24.3 Å². The summed E-state index contributed by atoms with van der Waals surface area (Å²) in [7, 11) is 0. The van der Waals surface area contributed by atoms with Crippen molar-refractivity contribution in [3.8, 4) is 0 Å². The molecule has 3 fully saturated rings. The number of nitrogens with two attached hydrogens (primary N) is 1. The number of carbonyl (C=O) groups is 4. The molecule has 0 radical (unpaired) electrons. The number of primary amides is 1. The second kappa shape index (κ2) is 5.88. The summed E-state index contributed by atoms with van der Waals surface area (Å²) in [5, 5.41) is 6.03. The van der Waals surface area contributed by atoms with Crippen molar-refractivity contribution in [2.45, 2.75) is 49.7 Å². The van der Waals surface area contributed by atoms with Gasteiger partial charge in [0.15, 0.2) is 0 Å². The smallest absolute Gasteiger partial charge is 0.250 e. The quantitative estimate of drug-likeness (QED) is 0.646. The molecule has 4 amide bonds. The van der Waals surface area contributed by atoms with Crippen molar-refractivity contribution in [1.82, 2.24) is 10.2 Å². The predicted molar refractivity (Wildman–Crippen MR) is 98.6 cm³/mol. The Labute approximate surface area is 161 Å². The third-order valence-electron chi connectivity index (χ3n) is 6.77. The fourth-order valence-corrected chi connectivity index (χ4v) is 5.69. The molecule has 2 saturated heterocycles. The highest BCUT2D eigenvalue weighted by Crippen LogP contribution is 2.54. The van der Waals surface area contributed by atoms with E-state index in [1.807, 2.05) is 0 Å². The van der Waals surface area contributed by atoms with Crippen LogP contribution in [0.25, 0.3) is 0 Å². The number of anilines is 1. The van der Waals surface area contributed by atoms with E-state index in [9.17, 15) is 19.2 Å². The lowest BCUT2D eigenvalue weighted by atomic mass is 9.76. The lowest BCUT2D eigenvalue weighted by molar-refractivity contribution is -0.145. The number of nitrogens with one attached hydrogen (secondary N) is 2. The summed E-state index contributed by atoms with van der Waals surface area (Å²) in [6, 6.07) is 6.40. The van der Waals surface area contributed by atoms with E-state index < -0.39 is 29.3 Å². The zero-order chi connectivity index (χ0) is 19.6. The normalized spacial score (nSPS) is 34.2. The summed E-state index contributed by atoms with van der Waals surface area (Å²) in [6.07, 6.45) is 3.44. The number of likely N-dealkylation sites (tertiary alicyclic amines) is 1. The van der Waals surface area contributed by atoms with Gasteiger partial charge in [0.1, 0.15) is 5.54 Å². The van der Waals surface area contributed by atoms with Crippen LogP contribution in [-0.2, 0) is 24.7 Å². The van der Waals surface area contributed by atoms with E-state index in [-0.39, 0.29) is 30.2 Å². The monoisotopic (exact) mass is 382 g/mol. The Morgan fingerprint density at radius 3 is 2.57 bits per heavy atom. The van der Waals surface area contributed by atoms with Gasteiger partial charge in [-0.25, -0.2) is 0 Å². The van der Waals surface area contributed by atoms with Gasteiger partial charge in [-0.2, -0.15) is 0 Å². The number of nitrogens with zero attached hydrogens (tertiary/aromatic N) is 1. The first-order valence-corrected chi connectivity index (χ1v) is 9.79. The Bertz CT molecular complexity index is 909. The molecule has 0 unspecified atom stereocenters. The first kappa shape index (κ1) is 17.4. The van der Waals surface area contributed by atoms with Crippen molar-refractivity contribution >= 4 is 29.3 Å². The van der Waals surface area contributed by atoms with E-state index in [1.54, 1.807) is 24.3 Å². The van der Waals surface area contributed by atoms with Gasteiger partial charge in [-0.1, -0.05) is 31.0 Å². The van der Waals surface area contributed by atoms with Gasteiger partial charge in [-0.05, 0) is 18.9 Å². The van der Waals surface area contributed by atoms with E-state index in [0.29, 0.717) is 11.3 Å². The molecule has 1 saturated carbocycles. The lowest BCUT2D eigenvalue weighted by Gasteiger charge is -2.31. The van der Waals surface area contributed by atoms with Crippen molar-refractivity contribution in [3.63, 3.8) is 0 Å². The molecule has 28 heavy (non-hydrogen) atoms. The number of amides is 4. The minimum Gasteiger partial charge on any atom is -0.370 e. The fraction of sp³-hybridized carbons (Fsp3) is 0.500. The Kier molecular flexibility index (Phi) is 3.64. The summed E-state index contributed by atoms with van der Waals surface area (Å²) in [5.41, 5.74) is 5.35. The molecule has 146 valence electrons. The molecule has 1 spiro atoms. The average molecular weight is 382 g/mol. The molecule has 1 aromatic carbocycles. The second-order valence-electron chi connectivity index (χ2n) is 8.22. The number of hydrogen-bond acceptors (Lipinski definition) is 5. The van der Waals surface area contributed by atoms with Gasteiger partial charge in [0.2, 0.25) is 23.6 Å². The maximum absolute atomic E-state index is 13.5. The van der Waals surface area contributed by atoms with E-state index in [2.05, 4.69) is 10.6 Å². The molecular weight excluding hydrogens is 360 g/mol. The van der Waals surface area contributed by atoms with Crippen LogP contribution in [-0.4, -0.2) is 40.6 Å². The van der Waals surface area contributed by atoms with Crippen LogP contribution in [0.1, 0.15) is 37.7 Å². The number of benzene rings is 1. The van der Waals surface area contributed by atoms with E-state index in [0.717, 1.165) is 25.7 Å². The molecule has 4 aliphatic rings. The minimum absolute atomic E-state index is 0.101. The molecular formula is C20H22N4O4. The topological polar surface area (TPSA) is 122 Å². The SMILES string of the molecule is NC(=O)C[C@@H]1N[C@]2(C(=O)Nc3ccccc32)[C@H]2C(=O)N(C3CCCC3)C(=O)[C@H]12. The molecule has 1 aromatic rings. The maximum Gasteiger partial charge on any atom is 0.250 e. The molecule has 5 rings (SSSR count). The van der Waals surface area contributed by atoms with Crippen molar-refractivity contribution in [2.24, 2.45) is 17.6 Å². The first-order valence-electron chi connectivity index (χ1n) is 9.79. The Morgan fingerprint density at radius 2 is 1.86 bits per heavy atom. The largest absolute Gasteiger partial charge is 0.370 e. The molecule has 8 nitrogen and oxygen atoms in total. The summed E-state index contributed by atoms with van der Waals surface area (Å²) in [5.74, 6) is -3.15. The Balaban J connectivity index is 1.64. The Morgan fingerprint density at radius 1 is 1.14 bits per heavy atom. The highest BCUT2D eigenvalue weighted by atomic mass is 16.2. The number of hydrogen-bond donors (Lipinski definition) is 3. The summed E-state index contributed by atoms with van der Waals surface area (Å²) in [6.45, 7) is 0. The number of fused-ring (bicyclic) bond motifs is 4. The average Bonchev–Trinajstić information content (AvgIpc) is 3.37. The van der Waals surface area contributed by atoms with Crippen LogP contribution >= 0.6 is 0 Å². The van der Waals surface area contributed by atoms with E-state index in [1.165, 1.54) is 4.90 Å². The third-order valence-corrected chi connectivity index (χ3v) is 6.77. The Hall–Kier alpha value is -2.74. The zero-order valence-electron chi connectivity index (χ0n) is 15.3. The van der Waals surface area contributed by atoms with Crippen LogP contribution in [0.4, 0.5) is 5.69 Å². The maximum atomic E-state index is 13.5. The molecule has 3 aliphatic heterocycles. The van der Waals surface area contributed by atoms with Crippen molar-refractivity contribution in [1.29, 1.82) is 0 Å². The number of rotatable bonds is 3. The minimum atomic E-state index is -1.35. The summed E-state index contributed by atoms with van der Waals surface area (Å²) < 4.78 is 0. The van der Waals surface area contributed by atoms with Crippen LogP contribution in [0, 0.1) is 11.8 Å². The molecule has 8 heteroatoms. The highest BCUT2D eigenvalue weighted by Gasteiger charge is 2.71. The van der Waals surface area contributed by atoms with Gasteiger partial charge in [-0.15, -0.1) is 0 Å².